The molecule has 0 unspecified atom stereocenters. The third-order valence-corrected chi connectivity index (χ3v) is 6.91. The van der Waals surface area contributed by atoms with E-state index in [0.717, 1.165) is 40.1 Å². The van der Waals surface area contributed by atoms with E-state index in [0.29, 0.717) is 26.1 Å². The van der Waals surface area contributed by atoms with E-state index >= 15 is 0 Å². The maximum absolute atomic E-state index is 14.0. The molecule has 4 nitrogen and oxygen atoms in total. The van der Waals surface area contributed by atoms with E-state index in [-0.39, 0.29) is 11.9 Å². The molecule has 1 N–H and O–H groups in total. The van der Waals surface area contributed by atoms with Crippen LogP contribution >= 0.6 is 0 Å². The molecule has 5 rings (SSSR count). The number of nitrogens with one attached hydrogen (secondary N) is 1. The quantitative estimate of drug-likeness (QED) is 0.382. The first-order valence-corrected chi connectivity index (χ1v) is 12.6. The number of nitrogens with zero attached hydrogens (tertiary/aromatic N) is 1. The Balaban J connectivity index is 1.55. The van der Waals surface area contributed by atoms with Gasteiger partial charge < -0.3 is 15.0 Å². The van der Waals surface area contributed by atoms with E-state index in [2.05, 4.69) is 60.8 Å². The Bertz CT molecular complexity index is 1320. The summed E-state index contributed by atoms with van der Waals surface area (Å²) in [6, 6.07) is 34.8. The van der Waals surface area contributed by atoms with Crippen LogP contribution in [0.2, 0.25) is 0 Å². The minimum Gasteiger partial charge on any atom is -0.491 e. The van der Waals surface area contributed by atoms with Gasteiger partial charge in [0.15, 0.2) is 0 Å². The van der Waals surface area contributed by atoms with Gasteiger partial charge in [0.2, 0.25) is 5.91 Å². The van der Waals surface area contributed by atoms with Crippen LogP contribution < -0.4 is 10.1 Å². The van der Waals surface area contributed by atoms with Crippen LogP contribution in [0, 0.1) is 6.92 Å². The number of para-hydroxylation sites is 2. The third-order valence-electron chi connectivity index (χ3n) is 6.91. The van der Waals surface area contributed by atoms with E-state index in [1.54, 1.807) is 0 Å². The monoisotopic (exact) mass is 476 g/mol. The fourth-order valence-electron chi connectivity index (χ4n) is 4.82. The molecule has 36 heavy (non-hydrogen) atoms. The van der Waals surface area contributed by atoms with Crippen LogP contribution in [0.15, 0.2) is 103 Å². The van der Waals surface area contributed by atoms with Gasteiger partial charge in [-0.05, 0) is 47.7 Å². The lowest BCUT2D eigenvalue weighted by atomic mass is 10.0. The zero-order valence-electron chi connectivity index (χ0n) is 20.7. The van der Waals surface area contributed by atoms with Gasteiger partial charge in [-0.15, -0.1) is 0 Å². The fraction of sp³-hybridized carbons (Fsp3) is 0.219. The summed E-state index contributed by atoms with van der Waals surface area (Å²) in [5.41, 5.74) is 6.64. The highest BCUT2D eigenvalue weighted by Crippen LogP contribution is 2.26. The fourth-order valence-corrected chi connectivity index (χ4v) is 4.82. The van der Waals surface area contributed by atoms with Crippen molar-refractivity contribution >= 4 is 11.6 Å². The molecule has 4 heteroatoms. The van der Waals surface area contributed by atoms with Crippen LogP contribution in [0.3, 0.4) is 0 Å². The van der Waals surface area contributed by atoms with Gasteiger partial charge in [-0.25, -0.2) is 0 Å². The molecule has 0 saturated carbocycles. The van der Waals surface area contributed by atoms with Crippen LogP contribution in [-0.2, 0) is 30.7 Å². The van der Waals surface area contributed by atoms with Crippen molar-refractivity contribution in [2.24, 2.45) is 0 Å². The zero-order chi connectivity index (χ0) is 24.7. The van der Waals surface area contributed by atoms with Crippen molar-refractivity contribution in [2.45, 2.75) is 38.9 Å². The highest BCUT2D eigenvalue weighted by atomic mass is 16.5. The van der Waals surface area contributed by atoms with E-state index in [1.165, 1.54) is 5.56 Å². The molecule has 0 radical (unpaired) electrons. The lowest BCUT2D eigenvalue weighted by Crippen LogP contribution is -2.45. The van der Waals surface area contributed by atoms with Gasteiger partial charge in [0.25, 0.3) is 0 Å². The van der Waals surface area contributed by atoms with E-state index in [9.17, 15) is 4.79 Å². The zero-order valence-corrected chi connectivity index (χ0v) is 20.7. The molecule has 0 bridgehead atoms. The molecular formula is C32H32N2O2. The van der Waals surface area contributed by atoms with Crippen LogP contribution in [0.5, 0.6) is 5.75 Å². The van der Waals surface area contributed by atoms with Gasteiger partial charge in [0, 0.05) is 24.3 Å². The number of carbonyl (C=O) groups excluding carboxylic acids is 1. The Morgan fingerprint density at radius 2 is 1.56 bits per heavy atom. The Morgan fingerprint density at radius 3 is 2.39 bits per heavy atom. The normalized spacial score (nSPS) is 15.5. The van der Waals surface area contributed by atoms with Gasteiger partial charge >= 0.3 is 0 Å². The molecule has 1 atom stereocenters. The van der Waals surface area contributed by atoms with Crippen molar-refractivity contribution < 1.29 is 9.53 Å². The van der Waals surface area contributed by atoms with Crippen molar-refractivity contribution in [3.05, 3.63) is 131 Å². The molecule has 1 aliphatic heterocycles. The van der Waals surface area contributed by atoms with E-state index < -0.39 is 0 Å². The van der Waals surface area contributed by atoms with Gasteiger partial charge in [-0.2, -0.15) is 0 Å². The summed E-state index contributed by atoms with van der Waals surface area (Å²) in [6.07, 6.45) is 1.09. The topological polar surface area (TPSA) is 41.6 Å². The van der Waals surface area contributed by atoms with E-state index in [4.69, 9.17) is 4.74 Å². The van der Waals surface area contributed by atoms with Gasteiger partial charge in [-0.1, -0.05) is 91.0 Å². The number of benzene rings is 4. The smallest absolute Gasteiger partial charge is 0.227 e. The molecule has 0 saturated heterocycles. The number of hydrogen-bond acceptors (Lipinski definition) is 3. The molecule has 1 heterocycles. The molecule has 0 aliphatic carbocycles. The second kappa shape index (κ2) is 11.1. The largest absolute Gasteiger partial charge is 0.491 e. The molecule has 1 amide bonds. The summed E-state index contributed by atoms with van der Waals surface area (Å²) in [4.78, 5) is 16.0. The lowest BCUT2D eigenvalue weighted by molar-refractivity contribution is -0.134. The number of anilines is 1. The molecule has 1 aliphatic rings. The number of aryl methyl sites for hydroxylation is 1. The van der Waals surface area contributed by atoms with Crippen LogP contribution in [0.25, 0.3) is 0 Å². The van der Waals surface area contributed by atoms with Crippen LogP contribution in [0.1, 0.15) is 27.8 Å². The van der Waals surface area contributed by atoms with Crippen LogP contribution in [0.4, 0.5) is 5.69 Å². The summed E-state index contributed by atoms with van der Waals surface area (Å²) in [5.74, 6) is 0.963. The van der Waals surface area contributed by atoms with Crippen molar-refractivity contribution in [3.63, 3.8) is 0 Å². The van der Waals surface area contributed by atoms with E-state index in [1.807, 2.05) is 59.5 Å². The summed E-state index contributed by atoms with van der Waals surface area (Å²) in [7, 11) is 0. The predicted octanol–water partition coefficient (Wildman–Crippen LogP) is 6.18. The summed E-state index contributed by atoms with van der Waals surface area (Å²) in [6.45, 7) is 3.67. The number of hydrogen-bond donors (Lipinski definition) is 1. The first-order chi connectivity index (χ1) is 17.7. The second-order valence-electron chi connectivity index (χ2n) is 9.40. The molecule has 4 aromatic carbocycles. The number of carbonyl (C=O) groups is 1. The summed E-state index contributed by atoms with van der Waals surface area (Å²) < 4.78 is 6.42. The summed E-state index contributed by atoms with van der Waals surface area (Å²) >= 11 is 0. The predicted molar refractivity (Wildman–Crippen MR) is 145 cm³/mol. The average Bonchev–Trinajstić information content (AvgIpc) is 2.94. The molecule has 182 valence electrons. The lowest BCUT2D eigenvalue weighted by Gasteiger charge is -2.33. The SMILES string of the molecule is Cc1ccccc1CC(=O)N1Cc2ccccc2NCc2ccccc2OC[C@@H]1Cc1ccccc1. The molecule has 0 spiro atoms. The Hall–Kier alpha value is -4.05. The first kappa shape index (κ1) is 23.7. The van der Waals surface area contributed by atoms with Crippen molar-refractivity contribution in [1.82, 2.24) is 4.90 Å². The Labute approximate surface area is 213 Å². The number of fused-ring (bicyclic) bond motifs is 2. The Morgan fingerprint density at radius 1 is 0.861 bits per heavy atom. The molecular weight excluding hydrogens is 444 g/mol. The van der Waals surface area contributed by atoms with Crippen molar-refractivity contribution in [3.8, 4) is 5.75 Å². The average molecular weight is 477 g/mol. The van der Waals surface area contributed by atoms with Gasteiger partial charge in [0.05, 0.1) is 12.5 Å². The molecule has 0 fully saturated rings. The van der Waals surface area contributed by atoms with Crippen molar-refractivity contribution in [1.29, 1.82) is 0 Å². The highest BCUT2D eigenvalue weighted by Gasteiger charge is 2.27. The minimum atomic E-state index is -0.122. The van der Waals surface area contributed by atoms with Gasteiger partial charge in [-0.3, -0.25) is 4.79 Å². The second-order valence-corrected chi connectivity index (χ2v) is 9.40. The Kier molecular flexibility index (Phi) is 7.32. The van der Waals surface area contributed by atoms with Gasteiger partial charge in [0.1, 0.15) is 12.4 Å². The number of amides is 1. The molecule has 4 aromatic rings. The summed E-state index contributed by atoms with van der Waals surface area (Å²) in [5, 5.41) is 3.58. The number of rotatable bonds is 4. The minimum absolute atomic E-state index is 0.108. The first-order valence-electron chi connectivity index (χ1n) is 12.6. The third kappa shape index (κ3) is 5.60. The maximum Gasteiger partial charge on any atom is 0.227 e. The van der Waals surface area contributed by atoms with Crippen molar-refractivity contribution in [2.75, 3.05) is 11.9 Å². The highest BCUT2D eigenvalue weighted by molar-refractivity contribution is 5.80. The molecule has 0 aromatic heterocycles. The standard InChI is InChI=1S/C32H32N2O2/c1-24-11-5-6-14-26(24)20-32(35)34-22-28-16-7-9-17-30(28)33-21-27-15-8-10-18-31(27)36-23-29(34)19-25-12-3-2-4-13-25/h2-18,29,33H,19-23H2,1H3/t29-/m0/s1. The maximum atomic E-state index is 14.0. The number of ether oxygens (including phenoxy) is 1. The van der Waals surface area contributed by atoms with Crippen LogP contribution in [-0.4, -0.2) is 23.5 Å².